The van der Waals surface area contributed by atoms with Crippen molar-refractivity contribution in [1.82, 2.24) is 14.5 Å². The molecule has 0 bridgehead atoms. The summed E-state index contributed by atoms with van der Waals surface area (Å²) >= 11 is 5.42. The summed E-state index contributed by atoms with van der Waals surface area (Å²) in [7, 11) is -2.76. The van der Waals surface area contributed by atoms with E-state index in [0.717, 1.165) is 5.56 Å². The number of nitrogens with zero attached hydrogens (tertiary/aromatic N) is 2. The van der Waals surface area contributed by atoms with Gasteiger partial charge in [0.15, 0.2) is 5.11 Å². The van der Waals surface area contributed by atoms with E-state index < -0.39 is 16.0 Å². The van der Waals surface area contributed by atoms with Gasteiger partial charge in [0, 0.05) is 32.7 Å². The molecule has 168 valence electrons. The molecule has 2 heterocycles. The van der Waals surface area contributed by atoms with Crippen LogP contribution in [0.4, 0.5) is 4.39 Å². The molecule has 1 aliphatic heterocycles. The van der Waals surface area contributed by atoms with Crippen LogP contribution in [0.3, 0.4) is 0 Å². The number of esters is 1. The van der Waals surface area contributed by atoms with E-state index in [1.165, 1.54) is 37.4 Å². The number of nitrogens with one attached hydrogen (secondary N) is 1. The first kappa shape index (κ1) is 23.2. The number of thiocarbonyl (C=S) groups is 1. The number of hydrogen-bond donors (Lipinski definition) is 1. The predicted octanol–water partition coefficient (Wildman–Crippen LogP) is 2.20. The molecule has 0 aliphatic carbocycles. The predicted molar refractivity (Wildman–Crippen MR) is 116 cm³/mol. The average molecular weight is 470 g/mol. The fraction of sp³-hybridized carbons (Fsp3) is 0.400. The van der Waals surface area contributed by atoms with Crippen LogP contribution in [0.15, 0.2) is 33.6 Å². The Hall–Kier alpha value is -2.50. The lowest BCUT2D eigenvalue weighted by Gasteiger charge is -2.35. The molecule has 0 unspecified atom stereocenters. The van der Waals surface area contributed by atoms with Gasteiger partial charge >= 0.3 is 5.97 Å². The van der Waals surface area contributed by atoms with Crippen molar-refractivity contribution in [3.8, 4) is 0 Å². The maximum atomic E-state index is 13.2. The third-order valence-electron chi connectivity index (χ3n) is 5.08. The fourth-order valence-electron chi connectivity index (χ4n) is 3.46. The monoisotopic (exact) mass is 469 g/mol. The topological polar surface area (TPSA) is 92.1 Å². The molecule has 0 spiro atoms. The number of rotatable bonds is 5. The number of carbonyl (C=O) groups excluding carboxylic acids is 1. The molecule has 1 saturated heterocycles. The standard InChI is InChI=1S/C20H24FN3O5S2/c1-13-17(19(25)28-3)18(14(2)29-13)31(26,27)24-10-8-23(9-11-24)20(30)22-12-15-4-6-16(21)7-5-15/h4-7H,8-12H2,1-3H3,(H,22,30). The zero-order valence-electron chi connectivity index (χ0n) is 17.5. The van der Waals surface area contributed by atoms with Gasteiger partial charge < -0.3 is 19.4 Å². The highest BCUT2D eigenvalue weighted by molar-refractivity contribution is 7.89. The van der Waals surface area contributed by atoms with Gasteiger partial charge in [0.05, 0.1) is 7.11 Å². The van der Waals surface area contributed by atoms with Crippen molar-refractivity contribution >= 4 is 33.3 Å². The van der Waals surface area contributed by atoms with Gasteiger partial charge in [-0.25, -0.2) is 17.6 Å². The van der Waals surface area contributed by atoms with Crippen LogP contribution in [0, 0.1) is 19.7 Å². The Bertz CT molecular complexity index is 1070. The van der Waals surface area contributed by atoms with E-state index in [0.29, 0.717) is 24.7 Å². The van der Waals surface area contributed by atoms with Crippen molar-refractivity contribution in [3.05, 3.63) is 52.7 Å². The van der Waals surface area contributed by atoms with E-state index in [-0.39, 0.29) is 40.9 Å². The van der Waals surface area contributed by atoms with E-state index >= 15 is 0 Å². The number of sulfonamides is 1. The molecule has 0 atom stereocenters. The highest BCUT2D eigenvalue weighted by atomic mass is 32.2. The van der Waals surface area contributed by atoms with Gasteiger partial charge in [0.2, 0.25) is 10.0 Å². The van der Waals surface area contributed by atoms with Gasteiger partial charge in [-0.05, 0) is 43.8 Å². The SMILES string of the molecule is COC(=O)c1c(C)oc(C)c1S(=O)(=O)N1CCN(C(=S)NCc2ccc(F)cc2)CC1. The lowest BCUT2D eigenvalue weighted by atomic mass is 10.2. The number of piperazine rings is 1. The summed E-state index contributed by atoms with van der Waals surface area (Å²) in [5, 5.41) is 3.60. The maximum absolute atomic E-state index is 13.2. The van der Waals surface area contributed by atoms with E-state index in [2.05, 4.69) is 5.32 Å². The Morgan fingerprint density at radius 3 is 2.35 bits per heavy atom. The molecule has 0 saturated carbocycles. The molecule has 1 aromatic carbocycles. The van der Waals surface area contributed by atoms with E-state index in [4.69, 9.17) is 21.4 Å². The zero-order valence-corrected chi connectivity index (χ0v) is 19.1. The van der Waals surface area contributed by atoms with Gasteiger partial charge in [-0.3, -0.25) is 0 Å². The number of hydrogen-bond acceptors (Lipinski definition) is 6. The second kappa shape index (κ2) is 9.33. The van der Waals surface area contributed by atoms with Crippen molar-refractivity contribution in [1.29, 1.82) is 0 Å². The third-order valence-corrected chi connectivity index (χ3v) is 7.53. The largest absolute Gasteiger partial charge is 0.465 e. The van der Waals surface area contributed by atoms with Crippen molar-refractivity contribution in [3.63, 3.8) is 0 Å². The van der Waals surface area contributed by atoms with Crippen LogP contribution in [0.1, 0.15) is 27.4 Å². The van der Waals surface area contributed by atoms with Crippen molar-refractivity contribution in [2.45, 2.75) is 25.3 Å². The first-order valence-electron chi connectivity index (χ1n) is 9.60. The number of carbonyl (C=O) groups is 1. The van der Waals surface area contributed by atoms with Crippen LogP contribution in [0.25, 0.3) is 0 Å². The summed E-state index contributed by atoms with van der Waals surface area (Å²) in [5.41, 5.74) is 0.810. The molecule has 11 heteroatoms. The van der Waals surface area contributed by atoms with Crippen molar-refractivity contribution in [2.24, 2.45) is 0 Å². The summed E-state index contributed by atoms with van der Waals surface area (Å²) in [6.45, 7) is 4.65. The molecule has 1 fully saturated rings. The van der Waals surface area contributed by atoms with Gasteiger partial charge in [-0.15, -0.1) is 0 Å². The minimum absolute atomic E-state index is 0.0704. The second-order valence-corrected chi connectivity index (χ2v) is 9.35. The van der Waals surface area contributed by atoms with Gasteiger partial charge in [0.1, 0.15) is 27.8 Å². The molecule has 0 amide bonds. The molecule has 8 nitrogen and oxygen atoms in total. The molecule has 1 aliphatic rings. The summed E-state index contributed by atoms with van der Waals surface area (Å²) in [5.74, 6) is -0.704. The third kappa shape index (κ3) is 4.89. The number of furan rings is 1. The molecule has 3 rings (SSSR count). The van der Waals surface area contributed by atoms with Gasteiger partial charge in [-0.2, -0.15) is 4.31 Å². The molecule has 2 aromatic rings. The van der Waals surface area contributed by atoms with Crippen LogP contribution in [-0.2, 0) is 21.3 Å². The average Bonchev–Trinajstić information content (AvgIpc) is 3.07. The Balaban J connectivity index is 1.66. The smallest absolute Gasteiger partial charge is 0.342 e. The molecular weight excluding hydrogens is 445 g/mol. The number of benzene rings is 1. The normalized spacial score (nSPS) is 15.0. The first-order valence-corrected chi connectivity index (χ1v) is 11.5. The summed E-state index contributed by atoms with van der Waals surface area (Å²) in [6.07, 6.45) is 0. The summed E-state index contributed by atoms with van der Waals surface area (Å²) in [6, 6.07) is 6.10. The van der Waals surface area contributed by atoms with E-state index in [1.807, 2.05) is 4.90 Å². The van der Waals surface area contributed by atoms with Crippen LogP contribution < -0.4 is 5.32 Å². The molecular formula is C20H24FN3O5S2. The molecule has 1 N–H and O–H groups in total. The number of aryl methyl sites for hydroxylation is 2. The van der Waals surface area contributed by atoms with Crippen LogP contribution in [0.2, 0.25) is 0 Å². The highest BCUT2D eigenvalue weighted by Crippen LogP contribution is 2.30. The number of methoxy groups -OCH3 is 1. The molecule has 31 heavy (non-hydrogen) atoms. The number of halogens is 1. The summed E-state index contributed by atoms with van der Waals surface area (Å²) < 4.78 is 50.9. The first-order chi connectivity index (χ1) is 14.6. The summed E-state index contributed by atoms with van der Waals surface area (Å²) in [4.78, 5) is 13.9. The lowest BCUT2D eigenvalue weighted by Crippen LogP contribution is -2.53. The van der Waals surface area contributed by atoms with Gasteiger partial charge in [0.25, 0.3) is 0 Å². The maximum Gasteiger partial charge on any atom is 0.342 e. The Morgan fingerprint density at radius 1 is 1.16 bits per heavy atom. The quantitative estimate of drug-likeness (QED) is 0.526. The zero-order chi connectivity index (χ0) is 22.8. The molecule has 0 radical (unpaired) electrons. The van der Waals surface area contributed by atoms with Gasteiger partial charge in [-0.1, -0.05) is 12.1 Å². The van der Waals surface area contributed by atoms with Crippen LogP contribution >= 0.6 is 12.2 Å². The van der Waals surface area contributed by atoms with Crippen LogP contribution in [0.5, 0.6) is 0 Å². The Labute approximate surface area is 186 Å². The molecule has 1 aromatic heterocycles. The Morgan fingerprint density at radius 2 is 1.77 bits per heavy atom. The van der Waals surface area contributed by atoms with Crippen LogP contribution in [-0.4, -0.2) is 62.0 Å². The van der Waals surface area contributed by atoms with E-state index in [9.17, 15) is 17.6 Å². The minimum Gasteiger partial charge on any atom is -0.465 e. The van der Waals surface area contributed by atoms with Crippen molar-refractivity contribution < 1.29 is 26.8 Å². The van der Waals surface area contributed by atoms with Crippen molar-refractivity contribution in [2.75, 3.05) is 33.3 Å². The fourth-order valence-corrected chi connectivity index (χ4v) is 5.51. The Kier molecular flexibility index (Phi) is 6.97. The van der Waals surface area contributed by atoms with E-state index in [1.54, 1.807) is 12.1 Å². The minimum atomic E-state index is -3.95. The lowest BCUT2D eigenvalue weighted by molar-refractivity contribution is 0.0594. The second-order valence-electron chi connectivity index (χ2n) is 7.09. The number of ether oxygens (including phenoxy) is 1. The highest BCUT2D eigenvalue weighted by Gasteiger charge is 2.37.